The second-order valence-corrected chi connectivity index (χ2v) is 6.99. The molecule has 33 heavy (non-hydrogen) atoms. The van der Waals surface area contributed by atoms with E-state index in [9.17, 15) is 26.3 Å². The maximum atomic E-state index is 13.3. The van der Waals surface area contributed by atoms with Crippen LogP contribution in [0.2, 0.25) is 0 Å². The zero-order valence-corrected chi connectivity index (χ0v) is 16.8. The van der Waals surface area contributed by atoms with Crippen LogP contribution < -0.4 is 4.74 Å². The molecule has 0 fully saturated rings. The van der Waals surface area contributed by atoms with E-state index < -0.39 is 23.5 Å². The Hall–Kier alpha value is -3.82. The molecule has 4 aromatic rings. The molecule has 0 unspecified atom stereocenters. The maximum Gasteiger partial charge on any atom is 0.416 e. The average Bonchev–Trinajstić information content (AvgIpc) is 3.27. The van der Waals surface area contributed by atoms with Gasteiger partial charge >= 0.3 is 12.4 Å². The summed E-state index contributed by atoms with van der Waals surface area (Å²) in [6, 6.07) is 9.95. The van der Waals surface area contributed by atoms with Gasteiger partial charge in [0, 0.05) is 29.1 Å². The van der Waals surface area contributed by atoms with Gasteiger partial charge in [-0.3, -0.25) is 4.98 Å². The summed E-state index contributed by atoms with van der Waals surface area (Å²) < 4.78 is 90.4. The number of para-hydroxylation sites is 1. The van der Waals surface area contributed by atoms with Gasteiger partial charge in [-0.25, -0.2) is 0 Å². The first kappa shape index (κ1) is 22.4. The molecule has 4 rings (SSSR count). The van der Waals surface area contributed by atoms with Gasteiger partial charge in [0.15, 0.2) is 0 Å². The highest BCUT2D eigenvalue weighted by Crippen LogP contribution is 2.43. The molecule has 0 aliphatic carbocycles. The van der Waals surface area contributed by atoms with E-state index in [1.54, 1.807) is 30.3 Å². The van der Waals surface area contributed by atoms with E-state index in [0.29, 0.717) is 34.6 Å². The Bertz CT molecular complexity index is 1260. The van der Waals surface area contributed by atoms with Crippen LogP contribution >= 0.6 is 0 Å². The van der Waals surface area contributed by atoms with Crippen molar-refractivity contribution in [2.24, 2.45) is 0 Å². The van der Waals surface area contributed by atoms with Crippen molar-refractivity contribution >= 4 is 0 Å². The number of pyridine rings is 1. The molecular weight excluding hydrogens is 450 g/mol. The number of methoxy groups -OCH3 is 1. The standard InChI is InChI=1S/C23H14F6N2O2/c1-32-20-5-3-2-4-17(20)16-6-7-30-11-18(16)21-19(12-33-31-21)13-8-14(22(24,25)26)10-15(9-13)23(27,28)29/h2-12H,1H3. The van der Waals surface area contributed by atoms with Crippen molar-refractivity contribution in [3.05, 3.63) is 78.3 Å². The first-order valence-corrected chi connectivity index (χ1v) is 9.41. The summed E-state index contributed by atoms with van der Waals surface area (Å²) >= 11 is 0. The molecule has 0 spiro atoms. The number of alkyl halides is 6. The lowest BCUT2D eigenvalue weighted by atomic mass is 9.93. The fourth-order valence-electron chi connectivity index (χ4n) is 3.43. The zero-order chi connectivity index (χ0) is 23.8. The van der Waals surface area contributed by atoms with Gasteiger partial charge in [0.25, 0.3) is 0 Å². The summed E-state index contributed by atoms with van der Waals surface area (Å²) in [6.07, 6.45) is -6.06. The Labute approximate surface area is 183 Å². The number of halogens is 6. The first-order chi connectivity index (χ1) is 15.6. The van der Waals surface area contributed by atoms with Crippen LogP contribution in [0.25, 0.3) is 33.5 Å². The van der Waals surface area contributed by atoms with Crippen LogP contribution in [0.1, 0.15) is 11.1 Å². The van der Waals surface area contributed by atoms with Gasteiger partial charge in [-0.1, -0.05) is 23.4 Å². The fraction of sp³-hybridized carbons (Fsp3) is 0.130. The smallest absolute Gasteiger partial charge is 0.416 e. The Morgan fingerprint density at radius 2 is 1.45 bits per heavy atom. The van der Waals surface area contributed by atoms with E-state index >= 15 is 0 Å². The largest absolute Gasteiger partial charge is 0.496 e. The van der Waals surface area contributed by atoms with Gasteiger partial charge in [0.2, 0.25) is 0 Å². The third kappa shape index (κ3) is 4.41. The third-order valence-electron chi connectivity index (χ3n) is 4.94. The van der Waals surface area contributed by atoms with Gasteiger partial charge in [-0.2, -0.15) is 26.3 Å². The van der Waals surface area contributed by atoms with Crippen LogP contribution in [0.3, 0.4) is 0 Å². The Kier molecular flexibility index (Phi) is 5.61. The first-order valence-electron chi connectivity index (χ1n) is 9.41. The Balaban J connectivity index is 1.93. The third-order valence-corrected chi connectivity index (χ3v) is 4.94. The summed E-state index contributed by atoms with van der Waals surface area (Å²) in [5.41, 5.74) is -1.69. The predicted octanol–water partition coefficient (Wildman–Crippen LogP) is 7.12. The Morgan fingerprint density at radius 3 is 2.09 bits per heavy atom. The van der Waals surface area contributed by atoms with Gasteiger partial charge in [0.05, 0.1) is 18.2 Å². The molecule has 0 amide bonds. The minimum Gasteiger partial charge on any atom is -0.496 e. The molecule has 4 nitrogen and oxygen atoms in total. The normalized spacial score (nSPS) is 12.1. The molecule has 0 saturated heterocycles. The lowest BCUT2D eigenvalue weighted by Gasteiger charge is -2.15. The Morgan fingerprint density at radius 1 is 0.788 bits per heavy atom. The van der Waals surface area contributed by atoms with Gasteiger partial charge < -0.3 is 9.26 Å². The number of hydrogen-bond donors (Lipinski definition) is 0. The van der Waals surface area contributed by atoms with E-state index in [1.165, 1.54) is 19.5 Å². The molecule has 0 radical (unpaired) electrons. The molecule has 0 atom stereocenters. The maximum absolute atomic E-state index is 13.3. The molecule has 0 aliphatic rings. The van der Waals surface area contributed by atoms with Crippen LogP contribution in [-0.4, -0.2) is 17.3 Å². The molecule has 2 aromatic heterocycles. The SMILES string of the molecule is COc1ccccc1-c1ccncc1-c1nocc1-c1cc(C(F)(F)F)cc(C(F)(F)F)c1. The second kappa shape index (κ2) is 8.27. The van der Waals surface area contributed by atoms with Gasteiger partial charge in [-0.05, 0) is 41.5 Å². The topological polar surface area (TPSA) is 48.2 Å². The van der Waals surface area contributed by atoms with Crippen LogP contribution in [0, 0.1) is 0 Å². The quantitative estimate of drug-likeness (QED) is 0.302. The highest BCUT2D eigenvalue weighted by atomic mass is 19.4. The molecular formula is C23H14F6N2O2. The highest BCUT2D eigenvalue weighted by Gasteiger charge is 2.37. The summed E-state index contributed by atoms with van der Waals surface area (Å²) in [4.78, 5) is 4.05. The van der Waals surface area contributed by atoms with Crippen molar-refractivity contribution in [2.45, 2.75) is 12.4 Å². The van der Waals surface area contributed by atoms with E-state index in [2.05, 4.69) is 10.1 Å². The number of nitrogens with zero attached hydrogens (tertiary/aromatic N) is 2. The fourth-order valence-corrected chi connectivity index (χ4v) is 3.43. The monoisotopic (exact) mass is 464 g/mol. The molecule has 10 heteroatoms. The number of benzene rings is 2. The van der Waals surface area contributed by atoms with Gasteiger partial charge in [0.1, 0.15) is 17.7 Å². The lowest BCUT2D eigenvalue weighted by Crippen LogP contribution is -2.11. The van der Waals surface area contributed by atoms with Crippen LogP contribution in [-0.2, 0) is 12.4 Å². The van der Waals surface area contributed by atoms with E-state index in [1.807, 2.05) is 0 Å². The lowest BCUT2D eigenvalue weighted by molar-refractivity contribution is -0.143. The molecule has 0 aliphatic heterocycles. The van der Waals surface area contributed by atoms with Crippen molar-refractivity contribution < 1.29 is 35.6 Å². The molecule has 0 N–H and O–H groups in total. The molecule has 2 aromatic carbocycles. The summed E-state index contributed by atoms with van der Waals surface area (Å²) in [5.74, 6) is 0.508. The molecule has 0 saturated carbocycles. The van der Waals surface area contributed by atoms with Crippen molar-refractivity contribution in [1.29, 1.82) is 0 Å². The van der Waals surface area contributed by atoms with E-state index in [0.717, 1.165) is 6.26 Å². The summed E-state index contributed by atoms with van der Waals surface area (Å²) in [5, 5.41) is 3.87. The highest BCUT2D eigenvalue weighted by molar-refractivity contribution is 5.90. The second-order valence-electron chi connectivity index (χ2n) is 6.99. The van der Waals surface area contributed by atoms with Gasteiger partial charge in [-0.15, -0.1) is 0 Å². The van der Waals surface area contributed by atoms with Crippen LogP contribution in [0.4, 0.5) is 26.3 Å². The van der Waals surface area contributed by atoms with E-state index in [4.69, 9.17) is 9.26 Å². The molecule has 2 heterocycles. The van der Waals surface area contributed by atoms with E-state index in [-0.39, 0.29) is 22.9 Å². The van der Waals surface area contributed by atoms with Crippen LogP contribution in [0.15, 0.2) is 71.7 Å². The number of ether oxygens (including phenoxy) is 1. The number of aromatic nitrogens is 2. The predicted molar refractivity (Wildman–Crippen MR) is 107 cm³/mol. The van der Waals surface area contributed by atoms with Crippen molar-refractivity contribution in [2.75, 3.05) is 7.11 Å². The summed E-state index contributed by atoms with van der Waals surface area (Å²) in [6.45, 7) is 0. The summed E-state index contributed by atoms with van der Waals surface area (Å²) in [7, 11) is 1.47. The van der Waals surface area contributed by atoms with Crippen molar-refractivity contribution in [1.82, 2.24) is 10.1 Å². The zero-order valence-electron chi connectivity index (χ0n) is 16.8. The minimum absolute atomic E-state index is 0.0384. The average molecular weight is 464 g/mol. The molecule has 170 valence electrons. The number of hydrogen-bond acceptors (Lipinski definition) is 4. The molecule has 0 bridgehead atoms. The van der Waals surface area contributed by atoms with Crippen LogP contribution in [0.5, 0.6) is 5.75 Å². The van der Waals surface area contributed by atoms with Crippen molar-refractivity contribution in [3.8, 4) is 39.3 Å². The minimum atomic E-state index is -4.98. The van der Waals surface area contributed by atoms with Crippen molar-refractivity contribution in [3.63, 3.8) is 0 Å². The number of rotatable bonds is 4.